The molecule has 3 N–H and O–H groups in total. The maximum Gasteiger partial charge on any atom is 0.319 e. The third-order valence-corrected chi connectivity index (χ3v) is 2.46. The zero-order chi connectivity index (χ0) is 11.3. The molecule has 0 saturated carbocycles. The number of rotatable bonds is 3. The molecule has 15 heavy (non-hydrogen) atoms. The lowest BCUT2D eigenvalue weighted by atomic mass is 10.3. The Labute approximate surface area is 96.8 Å². The number of amides is 2. The van der Waals surface area contributed by atoms with Crippen molar-refractivity contribution in [3.8, 4) is 0 Å². The van der Waals surface area contributed by atoms with Gasteiger partial charge in [0, 0.05) is 4.47 Å². The van der Waals surface area contributed by atoms with Crippen LogP contribution in [0.3, 0.4) is 0 Å². The van der Waals surface area contributed by atoms with E-state index in [1.54, 1.807) is 13.0 Å². The molecule has 4 nitrogen and oxygen atoms in total. The second kappa shape index (κ2) is 5.72. The standard InChI is InChI=1S/C10H13BrN2O2/c1-7(6-14)12-10(15)13-9-5-3-2-4-8(9)11/h2-5,7,14H,6H2,1H3,(H2,12,13,15)/t7-/m0/s1. The second-order valence-electron chi connectivity index (χ2n) is 3.16. The molecule has 0 aromatic heterocycles. The van der Waals surface area contributed by atoms with Crippen LogP contribution in [0.5, 0.6) is 0 Å². The van der Waals surface area contributed by atoms with Crippen molar-refractivity contribution in [3.05, 3.63) is 28.7 Å². The summed E-state index contributed by atoms with van der Waals surface area (Å²) in [5.74, 6) is 0. The van der Waals surface area contributed by atoms with Gasteiger partial charge in [-0.05, 0) is 35.0 Å². The zero-order valence-electron chi connectivity index (χ0n) is 8.33. The minimum absolute atomic E-state index is 0.0800. The van der Waals surface area contributed by atoms with E-state index in [1.807, 2.05) is 18.2 Å². The Kier molecular flexibility index (Phi) is 4.58. The molecule has 0 saturated heterocycles. The van der Waals surface area contributed by atoms with Gasteiger partial charge in [-0.3, -0.25) is 0 Å². The molecule has 0 fully saturated rings. The van der Waals surface area contributed by atoms with Crippen LogP contribution >= 0.6 is 15.9 Å². The van der Waals surface area contributed by atoms with Gasteiger partial charge < -0.3 is 15.7 Å². The Morgan fingerprint density at radius 3 is 2.80 bits per heavy atom. The number of carbonyl (C=O) groups excluding carboxylic acids is 1. The largest absolute Gasteiger partial charge is 0.394 e. The Hall–Kier alpha value is -1.07. The smallest absolute Gasteiger partial charge is 0.319 e. The molecular formula is C10H13BrN2O2. The molecule has 0 heterocycles. The van der Waals surface area contributed by atoms with Gasteiger partial charge in [0.05, 0.1) is 18.3 Å². The van der Waals surface area contributed by atoms with Crippen LogP contribution in [0.1, 0.15) is 6.92 Å². The molecule has 0 bridgehead atoms. The van der Waals surface area contributed by atoms with Gasteiger partial charge in [-0.1, -0.05) is 12.1 Å². The Balaban J connectivity index is 2.55. The van der Waals surface area contributed by atoms with E-state index < -0.39 is 0 Å². The fraction of sp³-hybridized carbons (Fsp3) is 0.300. The fourth-order valence-electron chi connectivity index (χ4n) is 0.990. The van der Waals surface area contributed by atoms with Crippen LogP contribution in [0, 0.1) is 0 Å². The maximum absolute atomic E-state index is 11.4. The highest BCUT2D eigenvalue weighted by Crippen LogP contribution is 2.20. The molecule has 82 valence electrons. The number of nitrogens with one attached hydrogen (secondary N) is 2. The minimum Gasteiger partial charge on any atom is -0.394 e. The first-order chi connectivity index (χ1) is 7.13. The van der Waals surface area contributed by atoms with Gasteiger partial charge in [-0.15, -0.1) is 0 Å². The summed E-state index contributed by atoms with van der Waals surface area (Å²) < 4.78 is 0.816. The summed E-state index contributed by atoms with van der Waals surface area (Å²) >= 11 is 3.32. The number of carbonyl (C=O) groups is 1. The average Bonchev–Trinajstić information content (AvgIpc) is 2.21. The Morgan fingerprint density at radius 2 is 2.20 bits per heavy atom. The van der Waals surface area contributed by atoms with Crippen molar-refractivity contribution in [3.63, 3.8) is 0 Å². The van der Waals surface area contributed by atoms with E-state index in [2.05, 4.69) is 26.6 Å². The highest BCUT2D eigenvalue weighted by Gasteiger charge is 2.07. The van der Waals surface area contributed by atoms with Crippen molar-refractivity contribution < 1.29 is 9.90 Å². The number of para-hydroxylation sites is 1. The Bertz CT molecular complexity index is 344. The molecule has 0 aliphatic carbocycles. The van der Waals surface area contributed by atoms with Crippen molar-refractivity contribution >= 4 is 27.6 Å². The molecular weight excluding hydrogens is 260 g/mol. The average molecular weight is 273 g/mol. The van der Waals surface area contributed by atoms with Crippen molar-refractivity contribution in [2.24, 2.45) is 0 Å². The van der Waals surface area contributed by atoms with Gasteiger partial charge in [-0.25, -0.2) is 4.79 Å². The first kappa shape index (κ1) is 12.0. The van der Waals surface area contributed by atoms with Gasteiger partial charge in [0.15, 0.2) is 0 Å². The third kappa shape index (κ3) is 3.89. The number of benzene rings is 1. The summed E-state index contributed by atoms with van der Waals surface area (Å²) in [6.45, 7) is 1.64. The molecule has 0 aliphatic rings. The van der Waals surface area contributed by atoms with Crippen LogP contribution in [0.4, 0.5) is 10.5 Å². The third-order valence-electron chi connectivity index (χ3n) is 1.77. The topological polar surface area (TPSA) is 61.4 Å². The number of hydrogen-bond donors (Lipinski definition) is 3. The number of halogens is 1. The molecule has 0 radical (unpaired) electrons. The number of aliphatic hydroxyl groups excluding tert-OH is 1. The van der Waals surface area contributed by atoms with Crippen molar-refractivity contribution in [2.75, 3.05) is 11.9 Å². The normalized spacial score (nSPS) is 11.9. The van der Waals surface area contributed by atoms with E-state index in [1.165, 1.54) is 0 Å². The van der Waals surface area contributed by atoms with Crippen LogP contribution in [-0.4, -0.2) is 23.8 Å². The number of aliphatic hydroxyl groups is 1. The predicted octanol–water partition coefficient (Wildman–Crippen LogP) is 1.95. The van der Waals surface area contributed by atoms with Gasteiger partial charge >= 0.3 is 6.03 Å². The molecule has 2 amide bonds. The maximum atomic E-state index is 11.4. The zero-order valence-corrected chi connectivity index (χ0v) is 9.91. The first-order valence-corrected chi connectivity index (χ1v) is 5.35. The van der Waals surface area contributed by atoms with E-state index in [4.69, 9.17) is 5.11 Å². The summed E-state index contributed by atoms with van der Waals surface area (Å²) in [5.41, 5.74) is 0.695. The quantitative estimate of drug-likeness (QED) is 0.788. The molecule has 1 aromatic rings. The molecule has 0 unspecified atom stereocenters. The van der Waals surface area contributed by atoms with Crippen molar-refractivity contribution in [1.82, 2.24) is 5.32 Å². The molecule has 5 heteroatoms. The van der Waals surface area contributed by atoms with Crippen LogP contribution in [-0.2, 0) is 0 Å². The van der Waals surface area contributed by atoms with Gasteiger partial charge in [0.2, 0.25) is 0 Å². The molecule has 1 rings (SSSR count). The van der Waals surface area contributed by atoms with Crippen LogP contribution in [0.15, 0.2) is 28.7 Å². The molecule has 1 atom stereocenters. The van der Waals surface area contributed by atoms with E-state index in [0.29, 0.717) is 5.69 Å². The summed E-state index contributed by atoms with van der Waals surface area (Å²) in [6.07, 6.45) is 0. The monoisotopic (exact) mass is 272 g/mol. The lowest BCUT2D eigenvalue weighted by Crippen LogP contribution is -2.38. The van der Waals surface area contributed by atoms with E-state index in [0.717, 1.165) is 4.47 Å². The van der Waals surface area contributed by atoms with E-state index in [-0.39, 0.29) is 18.7 Å². The highest BCUT2D eigenvalue weighted by molar-refractivity contribution is 9.10. The molecule has 1 aromatic carbocycles. The van der Waals surface area contributed by atoms with Gasteiger partial charge in [0.1, 0.15) is 0 Å². The number of anilines is 1. The SMILES string of the molecule is C[C@@H](CO)NC(=O)Nc1ccccc1Br. The van der Waals surface area contributed by atoms with Crippen molar-refractivity contribution in [2.45, 2.75) is 13.0 Å². The number of hydrogen-bond acceptors (Lipinski definition) is 2. The fourth-order valence-corrected chi connectivity index (χ4v) is 1.37. The summed E-state index contributed by atoms with van der Waals surface area (Å²) in [7, 11) is 0. The van der Waals surface area contributed by atoms with Crippen LogP contribution in [0.2, 0.25) is 0 Å². The molecule has 0 aliphatic heterocycles. The van der Waals surface area contributed by atoms with Crippen molar-refractivity contribution in [1.29, 1.82) is 0 Å². The van der Waals surface area contributed by atoms with E-state index in [9.17, 15) is 4.79 Å². The first-order valence-electron chi connectivity index (χ1n) is 4.56. The predicted molar refractivity (Wildman–Crippen MR) is 62.8 cm³/mol. The van der Waals surface area contributed by atoms with E-state index >= 15 is 0 Å². The summed E-state index contributed by atoms with van der Waals surface area (Å²) in [6, 6.07) is 6.73. The van der Waals surface area contributed by atoms with Crippen LogP contribution in [0.25, 0.3) is 0 Å². The number of urea groups is 1. The second-order valence-corrected chi connectivity index (χ2v) is 4.02. The Morgan fingerprint density at radius 1 is 1.53 bits per heavy atom. The lowest BCUT2D eigenvalue weighted by molar-refractivity contribution is 0.229. The minimum atomic E-state index is -0.330. The summed E-state index contributed by atoms with van der Waals surface area (Å²) in [4.78, 5) is 11.4. The van der Waals surface area contributed by atoms with Gasteiger partial charge in [0.25, 0.3) is 0 Å². The highest BCUT2D eigenvalue weighted by atomic mass is 79.9. The summed E-state index contributed by atoms with van der Waals surface area (Å²) in [5, 5.41) is 14.0. The molecule has 0 spiro atoms. The lowest BCUT2D eigenvalue weighted by Gasteiger charge is -2.12. The van der Waals surface area contributed by atoms with Crippen LogP contribution < -0.4 is 10.6 Å². The van der Waals surface area contributed by atoms with Gasteiger partial charge in [-0.2, -0.15) is 0 Å².